The Bertz CT molecular complexity index is 422. The molecule has 1 fully saturated rings. The first-order valence-electron chi connectivity index (χ1n) is 7.81. The van der Waals surface area contributed by atoms with Crippen molar-refractivity contribution in [3.63, 3.8) is 0 Å². The second-order valence-electron chi connectivity index (χ2n) is 7.41. The summed E-state index contributed by atoms with van der Waals surface area (Å²) in [6, 6.07) is 9.36. The summed E-state index contributed by atoms with van der Waals surface area (Å²) in [5, 5.41) is 14.1. The largest absolute Gasteiger partial charge is 0.390 e. The molecule has 1 aromatic rings. The molecule has 0 amide bonds. The maximum Gasteiger partial charge on any atom is 0.0689 e. The first-order chi connectivity index (χ1) is 9.32. The van der Waals surface area contributed by atoms with Gasteiger partial charge in [0.2, 0.25) is 0 Å². The van der Waals surface area contributed by atoms with Crippen LogP contribution < -0.4 is 5.32 Å². The van der Waals surface area contributed by atoms with Gasteiger partial charge in [-0.05, 0) is 49.3 Å². The molecule has 2 nitrogen and oxygen atoms in total. The lowest BCUT2D eigenvalue weighted by Gasteiger charge is -2.36. The molecule has 0 spiro atoms. The molecular formula is C18H29NO. The summed E-state index contributed by atoms with van der Waals surface area (Å²) < 4.78 is 0. The molecule has 20 heavy (non-hydrogen) atoms. The SMILES string of the molecule is CNC1CCC(O)(Cc2ccc(C(C)(C)C)cc2)CC1. The predicted octanol–water partition coefficient (Wildman–Crippen LogP) is 3.42. The first kappa shape index (κ1) is 15.5. The molecule has 1 saturated carbocycles. The van der Waals surface area contributed by atoms with Crippen LogP contribution in [-0.2, 0) is 11.8 Å². The van der Waals surface area contributed by atoms with Crippen molar-refractivity contribution in [3.05, 3.63) is 35.4 Å². The molecule has 0 aromatic heterocycles. The maximum atomic E-state index is 10.7. The van der Waals surface area contributed by atoms with Gasteiger partial charge in [-0.15, -0.1) is 0 Å². The van der Waals surface area contributed by atoms with E-state index in [-0.39, 0.29) is 5.41 Å². The Morgan fingerprint density at radius 1 is 1.15 bits per heavy atom. The molecule has 0 atom stereocenters. The van der Waals surface area contributed by atoms with Crippen molar-refractivity contribution in [2.75, 3.05) is 7.05 Å². The number of rotatable bonds is 3. The topological polar surface area (TPSA) is 32.3 Å². The lowest BCUT2D eigenvalue weighted by Crippen LogP contribution is -2.41. The number of nitrogens with one attached hydrogen (secondary N) is 1. The summed E-state index contributed by atoms with van der Waals surface area (Å²) >= 11 is 0. The van der Waals surface area contributed by atoms with Gasteiger partial charge in [0.15, 0.2) is 0 Å². The van der Waals surface area contributed by atoms with Gasteiger partial charge in [-0.25, -0.2) is 0 Å². The molecule has 2 rings (SSSR count). The minimum Gasteiger partial charge on any atom is -0.390 e. The average molecular weight is 275 g/mol. The summed E-state index contributed by atoms with van der Waals surface area (Å²) in [5.74, 6) is 0. The van der Waals surface area contributed by atoms with Crippen molar-refractivity contribution in [1.29, 1.82) is 0 Å². The third-order valence-electron chi connectivity index (χ3n) is 4.68. The highest BCUT2D eigenvalue weighted by Crippen LogP contribution is 2.32. The molecule has 0 saturated heterocycles. The van der Waals surface area contributed by atoms with Crippen molar-refractivity contribution in [1.82, 2.24) is 5.32 Å². The zero-order valence-electron chi connectivity index (χ0n) is 13.4. The monoisotopic (exact) mass is 275 g/mol. The molecule has 1 aromatic carbocycles. The average Bonchev–Trinajstić information content (AvgIpc) is 2.39. The van der Waals surface area contributed by atoms with Gasteiger partial charge in [-0.1, -0.05) is 45.0 Å². The van der Waals surface area contributed by atoms with Crippen molar-refractivity contribution in [2.45, 2.75) is 69.9 Å². The lowest BCUT2D eigenvalue weighted by molar-refractivity contribution is -0.00242. The van der Waals surface area contributed by atoms with Crippen molar-refractivity contribution in [3.8, 4) is 0 Å². The fourth-order valence-electron chi connectivity index (χ4n) is 3.12. The van der Waals surface area contributed by atoms with Crippen LogP contribution in [0.1, 0.15) is 57.6 Å². The van der Waals surface area contributed by atoms with Crippen molar-refractivity contribution >= 4 is 0 Å². The van der Waals surface area contributed by atoms with E-state index in [4.69, 9.17) is 0 Å². The molecule has 112 valence electrons. The molecule has 2 heteroatoms. The van der Waals surface area contributed by atoms with Gasteiger partial charge in [0.1, 0.15) is 0 Å². The smallest absolute Gasteiger partial charge is 0.0689 e. The van der Waals surface area contributed by atoms with E-state index < -0.39 is 5.60 Å². The number of benzene rings is 1. The standard InChI is InChI=1S/C18H29NO/c1-17(2,3)15-7-5-14(6-8-15)13-18(20)11-9-16(19-4)10-12-18/h5-8,16,19-20H,9-13H2,1-4H3. The number of hydrogen-bond donors (Lipinski definition) is 2. The quantitative estimate of drug-likeness (QED) is 0.886. The highest BCUT2D eigenvalue weighted by atomic mass is 16.3. The van der Waals surface area contributed by atoms with Crippen LogP contribution in [0.4, 0.5) is 0 Å². The van der Waals surface area contributed by atoms with Gasteiger partial charge < -0.3 is 10.4 Å². The van der Waals surface area contributed by atoms with Gasteiger partial charge >= 0.3 is 0 Å². The van der Waals surface area contributed by atoms with Crippen LogP contribution in [0.2, 0.25) is 0 Å². The van der Waals surface area contributed by atoms with Gasteiger partial charge in [0.05, 0.1) is 5.60 Å². The molecule has 1 aliphatic carbocycles. The number of hydrogen-bond acceptors (Lipinski definition) is 2. The van der Waals surface area contributed by atoms with Gasteiger partial charge in [0.25, 0.3) is 0 Å². The summed E-state index contributed by atoms with van der Waals surface area (Å²) in [5.41, 5.74) is 2.30. The molecule has 0 radical (unpaired) electrons. The minimum atomic E-state index is -0.503. The van der Waals surface area contributed by atoms with Crippen LogP contribution >= 0.6 is 0 Å². The Balaban J connectivity index is 2.00. The molecule has 1 aliphatic rings. The zero-order valence-corrected chi connectivity index (χ0v) is 13.4. The van der Waals surface area contributed by atoms with E-state index in [1.807, 2.05) is 7.05 Å². The second kappa shape index (κ2) is 5.87. The normalized spacial score (nSPS) is 27.6. The summed E-state index contributed by atoms with van der Waals surface area (Å²) in [6.45, 7) is 6.69. The molecule has 0 aliphatic heterocycles. The molecule has 0 heterocycles. The maximum absolute atomic E-state index is 10.7. The second-order valence-corrected chi connectivity index (χ2v) is 7.41. The van der Waals surface area contributed by atoms with Gasteiger partial charge in [-0.2, -0.15) is 0 Å². The first-order valence-corrected chi connectivity index (χ1v) is 7.81. The van der Waals surface area contributed by atoms with E-state index in [1.54, 1.807) is 0 Å². The number of aliphatic hydroxyl groups is 1. The fourth-order valence-corrected chi connectivity index (χ4v) is 3.12. The van der Waals surface area contributed by atoms with Crippen LogP contribution in [0.5, 0.6) is 0 Å². The summed E-state index contributed by atoms with van der Waals surface area (Å²) in [6.07, 6.45) is 4.74. The molecular weight excluding hydrogens is 246 g/mol. The van der Waals surface area contributed by atoms with E-state index >= 15 is 0 Å². The fraction of sp³-hybridized carbons (Fsp3) is 0.667. The van der Waals surface area contributed by atoms with Crippen LogP contribution in [0, 0.1) is 0 Å². The third kappa shape index (κ3) is 3.83. The Morgan fingerprint density at radius 3 is 2.15 bits per heavy atom. The highest BCUT2D eigenvalue weighted by molar-refractivity contribution is 5.28. The van der Waals surface area contributed by atoms with Crippen LogP contribution in [0.3, 0.4) is 0 Å². The van der Waals surface area contributed by atoms with E-state index in [0.29, 0.717) is 6.04 Å². The Kier molecular flexibility index (Phi) is 4.55. The lowest BCUT2D eigenvalue weighted by atomic mass is 9.78. The van der Waals surface area contributed by atoms with Gasteiger partial charge in [0, 0.05) is 12.5 Å². The predicted molar refractivity (Wildman–Crippen MR) is 85.1 cm³/mol. The van der Waals surface area contributed by atoms with Crippen LogP contribution in [0.25, 0.3) is 0 Å². The molecule has 2 N–H and O–H groups in total. The van der Waals surface area contributed by atoms with E-state index in [2.05, 4.69) is 50.4 Å². The van der Waals surface area contributed by atoms with E-state index in [0.717, 1.165) is 32.1 Å². The zero-order chi connectivity index (χ0) is 14.8. The Hall–Kier alpha value is -0.860. The van der Waals surface area contributed by atoms with Crippen LogP contribution in [0.15, 0.2) is 24.3 Å². The van der Waals surface area contributed by atoms with Crippen LogP contribution in [-0.4, -0.2) is 23.8 Å². The van der Waals surface area contributed by atoms with Crippen molar-refractivity contribution in [2.24, 2.45) is 0 Å². The highest BCUT2D eigenvalue weighted by Gasteiger charge is 2.32. The third-order valence-corrected chi connectivity index (χ3v) is 4.68. The van der Waals surface area contributed by atoms with E-state index in [9.17, 15) is 5.11 Å². The summed E-state index contributed by atoms with van der Waals surface area (Å²) in [4.78, 5) is 0. The van der Waals surface area contributed by atoms with Crippen molar-refractivity contribution < 1.29 is 5.11 Å². The molecule has 0 unspecified atom stereocenters. The van der Waals surface area contributed by atoms with E-state index in [1.165, 1.54) is 11.1 Å². The Morgan fingerprint density at radius 2 is 1.70 bits per heavy atom. The Labute approximate surface area is 123 Å². The van der Waals surface area contributed by atoms with Gasteiger partial charge in [-0.3, -0.25) is 0 Å². The molecule has 0 bridgehead atoms. The minimum absolute atomic E-state index is 0.195. The summed E-state index contributed by atoms with van der Waals surface area (Å²) in [7, 11) is 2.01.